The zero-order chi connectivity index (χ0) is 10.7. The maximum absolute atomic E-state index is 9.70. The Labute approximate surface area is 110 Å². The second-order valence-corrected chi connectivity index (χ2v) is 5.01. The lowest BCUT2D eigenvalue weighted by molar-refractivity contribution is 0.201. The molecule has 1 rings (SSSR count). The van der Waals surface area contributed by atoms with Crippen LogP contribution in [0.5, 0.6) is 11.5 Å². The van der Waals surface area contributed by atoms with E-state index in [-0.39, 0.29) is 11.5 Å². The highest BCUT2D eigenvalue weighted by Crippen LogP contribution is 2.36. The third-order valence-electron chi connectivity index (χ3n) is 1.82. The predicted octanol–water partition coefficient (Wildman–Crippen LogP) is 2.50. The van der Waals surface area contributed by atoms with Crippen molar-refractivity contribution in [1.82, 2.24) is 0 Å². The van der Waals surface area contributed by atoms with E-state index in [0.717, 1.165) is 9.13 Å². The standard InChI is InChI=1S/C9H10I2O3/c1-14-3-2-5-4-6(10)9(13)7(11)8(5)12/h4,12-13H,2-3H2,1H3. The van der Waals surface area contributed by atoms with E-state index in [2.05, 4.69) is 0 Å². The highest BCUT2D eigenvalue weighted by Gasteiger charge is 2.13. The summed E-state index contributed by atoms with van der Waals surface area (Å²) >= 11 is 3.96. The molecule has 78 valence electrons. The van der Waals surface area contributed by atoms with Crippen LogP contribution in [-0.2, 0) is 11.2 Å². The number of phenolic OH excluding ortho intramolecular Hbond substituents is 2. The average Bonchev–Trinajstić information content (AvgIpc) is 2.18. The molecule has 0 bridgehead atoms. The monoisotopic (exact) mass is 420 g/mol. The van der Waals surface area contributed by atoms with Gasteiger partial charge in [-0.2, -0.15) is 0 Å². The molecule has 5 heteroatoms. The number of phenols is 2. The lowest BCUT2D eigenvalue weighted by Gasteiger charge is -2.09. The van der Waals surface area contributed by atoms with Crippen LogP contribution >= 0.6 is 45.2 Å². The number of benzene rings is 1. The fourth-order valence-corrected chi connectivity index (χ4v) is 2.85. The minimum absolute atomic E-state index is 0.143. The van der Waals surface area contributed by atoms with Crippen molar-refractivity contribution in [3.8, 4) is 11.5 Å². The van der Waals surface area contributed by atoms with Gasteiger partial charge < -0.3 is 14.9 Å². The Balaban J connectivity index is 3.06. The molecule has 0 aliphatic carbocycles. The summed E-state index contributed by atoms with van der Waals surface area (Å²) in [7, 11) is 1.62. The molecule has 1 aromatic rings. The maximum Gasteiger partial charge on any atom is 0.145 e. The number of halogens is 2. The van der Waals surface area contributed by atoms with Gasteiger partial charge in [-0.3, -0.25) is 0 Å². The van der Waals surface area contributed by atoms with Crippen molar-refractivity contribution < 1.29 is 14.9 Å². The smallest absolute Gasteiger partial charge is 0.145 e. The van der Waals surface area contributed by atoms with Crippen molar-refractivity contribution in [2.45, 2.75) is 6.42 Å². The van der Waals surface area contributed by atoms with Crippen molar-refractivity contribution in [3.63, 3.8) is 0 Å². The largest absolute Gasteiger partial charge is 0.506 e. The normalized spacial score (nSPS) is 10.5. The fourth-order valence-electron chi connectivity index (χ4n) is 1.05. The molecule has 2 N–H and O–H groups in total. The number of hydrogen-bond donors (Lipinski definition) is 2. The second kappa shape index (κ2) is 5.36. The van der Waals surface area contributed by atoms with Crippen molar-refractivity contribution in [2.24, 2.45) is 0 Å². The van der Waals surface area contributed by atoms with E-state index in [9.17, 15) is 10.2 Å². The van der Waals surface area contributed by atoms with Crippen LogP contribution in [-0.4, -0.2) is 23.9 Å². The molecule has 0 atom stereocenters. The van der Waals surface area contributed by atoms with Crippen LogP contribution < -0.4 is 0 Å². The number of ether oxygens (including phenoxy) is 1. The summed E-state index contributed by atoms with van der Waals surface area (Å²) in [5, 5.41) is 19.2. The molecule has 0 aromatic heterocycles. The van der Waals surface area contributed by atoms with E-state index in [0.29, 0.717) is 16.6 Å². The van der Waals surface area contributed by atoms with Gasteiger partial charge in [-0.25, -0.2) is 0 Å². The molecule has 0 saturated heterocycles. The Morgan fingerprint density at radius 2 is 1.93 bits per heavy atom. The van der Waals surface area contributed by atoms with E-state index in [4.69, 9.17) is 4.74 Å². The first-order chi connectivity index (χ1) is 6.57. The van der Waals surface area contributed by atoms with E-state index < -0.39 is 0 Å². The van der Waals surface area contributed by atoms with Gasteiger partial charge in [-0.1, -0.05) is 0 Å². The Hall–Kier alpha value is 0.240. The molecular formula is C9H10I2O3. The molecule has 0 aliphatic heterocycles. The van der Waals surface area contributed by atoms with Crippen LogP contribution in [0.3, 0.4) is 0 Å². The predicted molar refractivity (Wildman–Crippen MR) is 70.8 cm³/mol. The van der Waals surface area contributed by atoms with Crippen LogP contribution in [0.4, 0.5) is 0 Å². The van der Waals surface area contributed by atoms with Gasteiger partial charge >= 0.3 is 0 Å². The van der Waals surface area contributed by atoms with Crippen LogP contribution in [0.1, 0.15) is 5.56 Å². The molecule has 14 heavy (non-hydrogen) atoms. The third kappa shape index (κ3) is 2.63. The molecule has 0 amide bonds. The van der Waals surface area contributed by atoms with Crippen molar-refractivity contribution in [1.29, 1.82) is 0 Å². The lowest BCUT2D eigenvalue weighted by Crippen LogP contribution is -1.97. The number of aromatic hydroxyl groups is 2. The van der Waals surface area contributed by atoms with Gasteiger partial charge in [0.25, 0.3) is 0 Å². The van der Waals surface area contributed by atoms with Crippen LogP contribution in [0.25, 0.3) is 0 Å². The van der Waals surface area contributed by atoms with Gasteiger partial charge in [-0.05, 0) is 63.2 Å². The minimum Gasteiger partial charge on any atom is -0.506 e. The second-order valence-electron chi connectivity index (χ2n) is 2.77. The van der Waals surface area contributed by atoms with Crippen LogP contribution in [0.15, 0.2) is 6.07 Å². The zero-order valence-corrected chi connectivity index (χ0v) is 11.9. The van der Waals surface area contributed by atoms with Crippen molar-refractivity contribution in [3.05, 3.63) is 18.8 Å². The molecule has 3 nitrogen and oxygen atoms in total. The first-order valence-corrected chi connectivity index (χ1v) is 6.11. The summed E-state index contributed by atoms with van der Waals surface area (Å²) in [6.07, 6.45) is 0.647. The summed E-state index contributed by atoms with van der Waals surface area (Å²) in [4.78, 5) is 0. The Morgan fingerprint density at radius 3 is 2.50 bits per heavy atom. The highest BCUT2D eigenvalue weighted by molar-refractivity contribution is 14.1. The Morgan fingerprint density at radius 1 is 1.29 bits per heavy atom. The summed E-state index contributed by atoms with van der Waals surface area (Å²) in [6.45, 7) is 0.560. The van der Waals surface area contributed by atoms with Crippen LogP contribution in [0, 0.1) is 7.14 Å². The molecule has 0 unspecified atom stereocenters. The van der Waals surface area contributed by atoms with E-state index in [1.54, 1.807) is 13.2 Å². The minimum atomic E-state index is 0.143. The van der Waals surface area contributed by atoms with Gasteiger partial charge in [0.15, 0.2) is 0 Å². The molecule has 0 radical (unpaired) electrons. The highest BCUT2D eigenvalue weighted by atomic mass is 127. The third-order valence-corrected chi connectivity index (χ3v) is 3.67. The zero-order valence-electron chi connectivity index (χ0n) is 7.55. The van der Waals surface area contributed by atoms with Crippen molar-refractivity contribution in [2.75, 3.05) is 13.7 Å². The lowest BCUT2D eigenvalue weighted by atomic mass is 10.1. The van der Waals surface area contributed by atoms with Crippen molar-refractivity contribution >= 4 is 45.2 Å². The topological polar surface area (TPSA) is 49.7 Å². The SMILES string of the molecule is COCCc1cc(I)c(O)c(I)c1O. The van der Waals surface area contributed by atoms with Gasteiger partial charge in [0, 0.05) is 7.11 Å². The average molecular weight is 420 g/mol. The quantitative estimate of drug-likeness (QED) is 0.740. The first-order valence-electron chi connectivity index (χ1n) is 3.95. The summed E-state index contributed by atoms with van der Waals surface area (Å²) in [5.74, 6) is 0.297. The van der Waals surface area contributed by atoms with Gasteiger partial charge in [-0.15, -0.1) is 0 Å². The molecule has 0 fully saturated rings. The van der Waals surface area contributed by atoms with Gasteiger partial charge in [0.2, 0.25) is 0 Å². The van der Waals surface area contributed by atoms with E-state index in [1.807, 2.05) is 45.2 Å². The summed E-state index contributed by atoms with van der Waals surface area (Å²) in [5.41, 5.74) is 0.804. The fraction of sp³-hybridized carbons (Fsp3) is 0.333. The van der Waals surface area contributed by atoms with Crippen LogP contribution in [0.2, 0.25) is 0 Å². The van der Waals surface area contributed by atoms with Gasteiger partial charge in [0.1, 0.15) is 11.5 Å². The molecule has 0 heterocycles. The van der Waals surface area contributed by atoms with Gasteiger partial charge in [0.05, 0.1) is 13.7 Å². The summed E-state index contributed by atoms with van der Waals surface area (Å²) < 4.78 is 6.18. The Bertz CT molecular complexity index is 339. The summed E-state index contributed by atoms with van der Waals surface area (Å²) in [6, 6.07) is 1.77. The molecule has 1 aromatic carbocycles. The Kier molecular flexibility index (Phi) is 4.71. The molecule has 0 saturated carbocycles. The first kappa shape index (κ1) is 12.3. The molecule has 0 spiro atoms. The van der Waals surface area contributed by atoms with E-state index in [1.165, 1.54) is 0 Å². The number of rotatable bonds is 3. The molecule has 0 aliphatic rings. The maximum atomic E-state index is 9.70. The molecular weight excluding hydrogens is 410 g/mol. The van der Waals surface area contributed by atoms with E-state index >= 15 is 0 Å². The number of hydrogen-bond acceptors (Lipinski definition) is 3. The number of methoxy groups -OCH3 is 1.